The number of nitrogens with zero attached hydrogens (tertiary/aromatic N) is 2. The molecule has 0 aliphatic heterocycles. The highest BCUT2D eigenvalue weighted by Crippen LogP contribution is 2.41. The number of methoxy groups -OCH3 is 1. The van der Waals surface area contributed by atoms with E-state index in [1.807, 2.05) is 22.7 Å². The summed E-state index contributed by atoms with van der Waals surface area (Å²) in [6, 6.07) is 6.07. The Bertz CT molecular complexity index is 813. The summed E-state index contributed by atoms with van der Waals surface area (Å²) in [7, 11) is 1.70. The van der Waals surface area contributed by atoms with Gasteiger partial charge in [-0.25, -0.2) is 4.98 Å². The van der Waals surface area contributed by atoms with Gasteiger partial charge in [0.25, 0.3) is 0 Å². The summed E-state index contributed by atoms with van der Waals surface area (Å²) in [5, 5.41) is 13.7. The second-order valence-corrected chi connectivity index (χ2v) is 6.99. The van der Waals surface area contributed by atoms with Gasteiger partial charge in [0.2, 0.25) is 0 Å². The molecule has 23 heavy (non-hydrogen) atoms. The lowest BCUT2D eigenvalue weighted by Crippen LogP contribution is -2.43. The number of benzene rings is 1. The van der Waals surface area contributed by atoms with Crippen LogP contribution in [0.25, 0.3) is 4.96 Å². The molecule has 1 aliphatic rings. The second-order valence-electron chi connectivity index (χ2n) is 5.89. The number of aliphatic hydroxyl groups excluding tert-OH is 1. The second kappa shape index (κ2) is 5.63. The molecule has 0 amide bonds. The highest BCUT2D eigenvalue weighted by molar-refractivity contribution is 7.17. The summed E-state index contributed by atoms with van der Waals surface area (Å²) in [6.07, 6.45) is 7.64. The van der Waals surface area contributed by atoms with E-state index in [9.17, 15) is 5.11 Å². The SMILES string of the molecule is COc1cccc2c1CCC2(CO)NCc1cn2ccnc2s1. The number of nitrogens with one attached hydrogen (secondary N) is 1. The molecular formula is C17H19N3O2S. The van der Waals surface area contributed by atoms with E-state index in [-0.39, 0.29) is 6.61 Å². The Balaban J connectivity index is 1.61. The molecule has 2 N–H and O–H groups in total. The summed E-state index contributed by atoms with van der Waals surface area (Å²) in [4.78, 5) is 6.50. The molecule has 120 valence electrons. The summed E-state index contributed by atoms with van der Waals surface area (Å²) < 4.78 is 7.49. The van der Waals surface area contributed by atoms with Crippen LogP contribution in [0, 0.1) is 0 Å². The maximum Gasteiger partial charge on any atom is 0.193 e. The fourth-order valence-electron chi connectivity index (χ4n) is 3.45. The minimum atomic E-state index is -0.393. The van der Waals surface area contributed by atoms with Gasteiger partial charge in [-0.05, 0) is 30.0 Å². The Labute approximate surface area is 138 Å². The first-order chi connectivity index (χ1) is 11.3. The maximum atomic E-state index is 10.1. The molecule has 2 aromatic heterocycles. The molecule has 0 bridgehead atoms. The lowest BCUT2D eigenvalue weighted by atomic mass is 9.92. The zero-order valence-electron chi connectivity index (χ0n) is 13.0. The Kier molecular flexibility index (Phi) is 3.60. The number of ether oxygens (including phenoxy) is 1. The average molecular weight is 329 g/mol. The van der Waals surface area contributed by atoms with Crippen LogP contribution in [0.5, 0.6) is 5.75 Å². The monoisotopic (exact) mass is 329 g/mol. The average Bonchev–Trinajstić information content (AvgIpc) is 3.26. The van der Waals surface area contributed by atoms with E-state index in [0.717, 1.165) is 29.1 Å². The molecule has 1 atom stereocenters. The third-order valence-electron chi connectivity index (χ3n) is 4.68. The number of imidazole rings is 1. The lowest BCUT2D eigenvalue weighted by molar-refractivity contribution is 0.159. The van der Waals surface area contributed by atoms with E-state index in [4.69, 9.17) is 4.74 Å². The Morgan fingerprint density at radius 3 is 3.17 bits per heavy atom. The number of aromatic nitrogens is 2. The highest BCUT2D eigenvalue weighted by atomic mass is 32.1. The smallest absolute Gasteiger partial charge is 0.193 e. The first-order valence-corrected chi connectivity index (χ1v) is 8.51. The molecule has 0 radical (unpaired) electrons. The van der Waals surface area contributed by atoms with Crippen molar-refractivity contribution in [1.82, 2.24) is 14.7 Å². The van der Waals surface area contributed by atoms with Gasteiger partial charge in [-0.2, -0.15) is 0 Å². The Hall–Kier alpha value is -1.89. The van der Waals surface area contributed by atoms with Crippen molar-refractivity contribution in [3.63, 3.8) is 0 Å². The standard InChI is InChI=1S/C17H19N3O2S/c1-22-15-4-2-3-14-13(15)5-6-17(14,11-21)19-9-12-10-20-8-7-18-16(20)23-12/h2-4,7-8,10,19,21H,5-6,9,11H2,1H3. The molecule has 4 rings (SSSR count). The molecule has 0 saturated carbocycles. The van der Waals surface area contributed by atoms with Gasteiger partial charge < -0.3 is 15.2 Å². The van der Waals surface area contributed by atoms with Gasteiger partial charge in [0.1, 0.15) is 5.75 Å². The predicted octanol–water partition coefficient (Wildman–Crippen LogP) is 2.33. The van der Waals surface area contributed by atoms with Gasteiger partial charge in [0.15, 0.2) is 4.96 Å². The summed E-state index contributed by atoms with van der Waals surface area (Å²) >= 11 is 1.67. The van der Waals surface area contributed by atoms with Crippen LogP contribution in [0.4, 0.5) is 0 Å². The number of aliphatic hydroxyl groups is 1. The molecule has 0 spiro atoms. The first-order valence-electron chi connectivity index (χ1n) is 7.69. The fourth-order valence-corrected chi connectivity index (χ4v) is 4.33. The molecule has 1 aromatic carbocycles. The Morgan fingerprint density at radius 1 is 1.48 bits per heavy atom. The minimum absolute atomic E-state index is 0.0790. The van der Waals surface area contributed by atoms with Gasteiger partial charge in [-0.3, -0.25) is 4.40 Å². The van der Waals surface area contributed by atoms with E-state index < -0.39 is 5.54 Å². The third kappa shape index (κ3) is 2.34. The van der Waals surface area contributed by atoms with E-state index >= 15 is 0 Å². The molecular weight excluding hydrogens is 310 g/mol. The van der Waals surface area contributed by atoms with Crippen LogP contribution in [-0.2, 0) is 18.5 Å². The number of rotatable bonds is 5. The van der Waals surface area contributed by atoms with Crippen molar-refractivity contribution in [3.8, 4) is 5.75 Å². The van der Waals surface area contributed by atoms with Crippen LogP contribution < -0.4 is 10.1 Å². The van der Waals surface area contributed by atoms with Crippen LogP contribution >= 0.6 is 11.3 Å². The largest absolute Gasteiger partial charge is 0.496 e. The minimum Gasteiger partial charge on any atom is -0.496 e. The normalized spacial score (nSPS) is 20.1. The van der Waals surface area contributed by atoms with Crippen LogP contribution in [0.1, 0.15) is 22.4 Å². The van der Waals surface area contributed by atoms with Crippen molar-refractivity contribution < 1.29 is 9.84 Å². The summed E-state index contributed by atoms with van der Waals surface area (Å²) in [5.74, 6) is 0.911. The van der Waals surface area contributed by atoms with Crippen molar-refractivity contribution >= 4 is 16.3 Å². The summed E-state index contributed by atoms with van der Waals surface area (Å²) in [6.45, 7) is 0.793. The molecule has 0 saturated heterocycles. The van der Waals surface area contributed by atoms with Gasteiger partial charge in [0, 0.05) is 30.0 Å². The fraction of sp³-hybridized carbons (Fsp3) is 0.353. The quantitative estimate of drug-likeness (QED) is 0.754. The van der Waals surface area contributed by atoms with E-state index in [1.165, 1.54) is 10.4 Å². The van der Waals surface area contributed by atoms with Crippen LogP contribution in [0.3, 0.4) is 0 Å². The lowest BCUT2D eigenvalue weighted by Gasteiger charge is -2.29. The van der Waals surface area contributed by atoms with E-state index in [0.29, 0.717) is 6.54 Å². The molecule has 5 nitrogen and oxygen atoms in total. The maximum absolute atomic E-state index is 10.1. The molecule has 6 heteroatoms. The van der Waals surface area contributed by atoms with Crippen molar-refractivity contribution in [1.29, 1.82) is 0 Å². The first kappa shape index (κ1) is 14.7. The van der Waals surface area contributed by atoms with Gasteiger partial charge in [-0.1, -0.05) is 12.1 Å². The van der Waals surface area contributed by atoms with Crippen LogP contribution in [-0.4, -0.2) is 28.2 Å². The Morgan fingerprint density at radius 2 is 2.39 bits per heavy atom. The third-order valence-corrected chi connectivity index (χ3v) is 5.69. The number of hydrogen-bond acceptors (Lipinski definition) is 5. The van der Waals surface area contributed by atoms with Gasteiger partial charge in [0.05, 0.1) is 19.3 Å². The van der Waals surface area contributed by atoms with Gasteiger partial charge >= 0.3 is 0 Å². The molecule has 1 aliphatic carbocycles. The van der Waals surface area contributed by atoms with Gasteiger partial charge in [-0.15, -0.1) is 11.3 Å². The van der Waals surface area contributed by atoms with Crippen molar-refractivity contribution in [2.24, 2.45) is 0 Å². The zero-order valence-corrected chi connectivity index (χ0v) is 13.8. The number of thiazole rings is 1. The van der Waals surface area contributed by atoms with Crippen LogP contribution in [0.15, 0.2) is 36.8 Å². The topological polar surface area (TPSA) is 58.8 Å². The molecule has 3 aromatic rings. The van der Waals surface area contributed by atoms with E-state index in [2.05, 4.69) is 22.6 Å². The summed E-state index contributed by atoms with van der Waals surface area (Å²) in [5.41, 5.74) is 1.97. The molecule has 1 unspecified atom stereocenters. The highest BCUT2D eigenvalue weighted by Gasteiger charge is 2.39. The number of fused-ring (bicyclic) bond motifs is 2. The van der Waals surface area contributed by atoms with Crippen LogP contribution in [0.2, 0.25) is 0 Å². The number of hydrogen-bond donors (Lipinski definition) is 2. The van der Waals surface area contributed by atoms with E-state index in [1.54, 1.807) is 24.6 Å². The molecule has 0 fully saturated rings. The molecule has 2 heterocycles. The zero-order chi connectivity index (χ0) is 15.9. The van der Waals surface area contributed by atoms with Crippen molar-refractivity contribution in [2.45, 2.75) is 24.9 Å². The van der Waals surface area contributed by atoms with Crippen molar-refractivity contribution in [3.05, 3.63) is 52.8 Å². The predicted molar refractivity (Wildman–Crippen MR) is 90.0 cm³/mol. The van der Waals surface area contributed by atoms with Crippen molar-refractivity contribution in [2.75, 3.05) is 13.7 Å².